The van der Waals surface area contributed by atoms with E-state index in [-0.39, 0.29) is 5.41 Å². The van der Waals surface area contributed by atoms with Crippen LogP contribution in [0, 0.1) is 16.7 Å². The van der Waals surface area contributed by atoms with Crippen LogP contribution in [0.3, 0.4) is 0 Å². The summed E-state index contributed by atoms with van der Waals surface area (Å²) in [5.41, 5.74) is 1.38. The van der Waals surface area contributed by atoms with Crippen molar-refractivity contribution in [1.29, 1.82) is 0 Å². The van der Waals surface area contributed by atoms with E-state index < -0.39 is 0 Å². The zero-order valence-electron chi connectivity index (χ0n) is 16.4. The lowest BCUT2D eigenvalue weighted by molar-refractivity contribution is -0.141. The van der Waals surface area contributed by atoms with Crippen molar-refractivity contribution < 1.29 is 4.79 Å². The molecule has 0 bridgehead atoms. The molecule has 3 heterocycles. The second-order valence-corrected chi connectivity index (χ2v) is 9.06. The molecule has 3 aliphatic rings. The number of amides is 1. The van der Waals surface area contributed by atoms with Crippen molar-refractivity contribution in [1.82, 2.24) is 19.7 Å². The monoisotopic (exact) mass is 356 g/mol. The predicted octanol–water partition coefficient (Wildman–Crippen LogP) is 2.09. The molecule has 0 radical (unpaired) electrons. The number of carbonyl (C=O) groups is 1. The van der Waals surface area contributed by atoms with Gasteiger partial charge in [-0.15, -0.1) is 0 Å². The first-order valence-corrected chi connectivity index (χ1v) is 9.98. The zero-order chi connectivity index (χ0) is 18.4. The van der Waals surface area contributed by atoms with E-state index in [0.29, 0.717) is 17.2 Å². The fraction of sp³-hybridized carbons (Fsp3) is 0.714. The number of carbonyl (C=O) groups excluding carboxylic acids is 1. The fourth-order valence-electron chi connectivity index (χ4n) is 6.07. The summed E-state index contributed by atoms with van der Waals surface area (Å²) in [6.45, 7) is 5.23. The van der Waals surface area contributed by atoms with Crippen molar-refractivity contribution in [2.24, 2.45) is 16.7 Å². The van der Waals surface area contributed by atoms with E-state index in [4.69, 9.17) is 0 Å². The maximum absolute atomic E-state index is 13.1. The van der Waals surface area contributed by atoms with E-state index in [1.54, 1.807) is 0 Å². The number of hydrogen-bond acceptors (Lipinski definition) is 4. The Hall–Kier alpha value is -1.46. The topological polar surface area (TPSA) is 39.7 Å². The van der Waals surface area contributed by atoms with Gasteiger partial charge in [0.1, 0.15) is 0 Å². The predicted molar refractivity (Wildman–Crippen MR) is 103 cm³/mol. The standard InChI is InChI=1S/C21H32N4O/c1-23(2)19(26)21-8-7-20(18(21)15-24(3)16-21)9-12-25(13-10-20)14-17-6-4-5-11-22-17/h4-6,11,18H,7-10,12-16H2,1-3H3/t18-,21+/m0/s1. The summed E-state index contributed by atoms with van der Waals surface area (Å²) >= 11 is 0. The Morgan fingerprint density at radius 3 is 2.65 bits per heavy atom. The Labute approximate surface area is 157 Å². The molecule has 4 rings (SSSR count). The third kappa shape index (κ3) is 2.85. The molecule has 5 nitrogen and oxygen atoms in total. The van der Waals surface area contributed by atoms with Gasteiger partial charge >= 0.3 is 0 Å². The molecule has 1 aromatic rings. The molecular weight excluding hydrogens is 324 g/mol. The van der Waals surface area contributed by atoms with E-state index in [1.165, 1.54) is 19.3 Å². The first kappa shape index (κ1) is 17.9. The molecule has 142 valence electrons. The number of fused-ring (bicyclic) bond motifs is 2. The quantitative estimate of drug-likeness (QED) is 0.831. The summed E-state index contributed by atoms with van der Waals surface area (Å²) < 4.78 is 0. The Morgan fingerprint density at radius 1 is 1.23 bits per heavy atom. The van der Waals surface area contributed by atoms with Crippen LogP contribution in [-0.4, -0.2) is 72.9 Å². The number of aromatic nitrogens is 1. The van der Waals surface area contributed by atoms with Gasteiger partial charge in [-0.05, 0) is 69.3 Å². The van der Waals surface area contributed by atoms with Crippen LogP contribution in [0.4, 0.5) is 0 Å². The zero-order valence-corrected chi connectivity index (χ0v) is 16.4. The molecule has 1 aromatic heterocycles. The van der Waals surface area contributed by atoms with Crippen LogP contribution in [0.15, 0.2) is 24.4 Å². The molecule has 0 N–H and O–H groups in total. The van der Waals surface area contributed by atoms with E-state index in [9.17, 15) is 4.79 Å². The second-order valence-electron chi connectivity index (χ2n) is 9.06. The van der Waals surface area contributed by atoms with Crippen molar-refractivity contribution in [3.63, 3.8) is 0 Å². The van der Waals surface area contributed by atoms with Crippen LogP contribution < -0.4 is 0 Å². The molecule has 1 spiro atoms. The van der Waals surface area contributed by atoms with E-state index >= 15 is 0 Å². The number of rotatable bonds is 3. The number of likely N-dealkylation sites (tertiary alicyclic amines) is 2. The highest BCUT2D eigenvalue weighted by Crippen LogP contribution is 2.62. The summed E-state index contributed by atoms with van der Waals surface area (Å²) in [6.07, 6.45) is 6.62. The number of pyridine rings is 1. The third-order valence-corrected chi connectivity index (χ3v) is 7.32. The molecule has 26 heavy (non-hydrogen) atoms. The normalized spacial score (nSPS) is 31.3. The smallest absolute Gasteiger partial charge is 0.229 e. The van der Waals surface area contributed by atoms with Gasteiger partial charge in [0.15, 0.2) is 0 Å². The maximum Gasteiger partial charge on any atom is 0.229 e. The van der Waals surface area contributed by atoms with Gasteiger partial charge in [0.05, 0.1) is 11.1 Å². The van der Waals surface area contributed by atoms with Crippen LogP contribution in [0.2, 0.25) is 0 Å². The van der Waals surface area contributed by atoms with E-state index in [0.717, 1.165) is 44.8 Å². The number of nitrogens with zero attached hydrogens (tertiary/aromatic N) is 4. The lowest BCUT2D eigenvalue weighted by Gasteiger charge is -2.44. The van der Waals surface area contributed by atoms with Crippen LogP contribution in [0.1, 0.15) is 31.4 Å². The highest BCUT2D eigenvalue weighted by molar-refractivity contribution is 5.84. The van der Waals surface area contributed by atoms with Crippen LogP contribution in [-0.2, 0) is 11.3 Å². The van der Waals surface area contributed by atoms with Crippen molar-refractivity contribution in [3.8, 4) is 0 Å². The average Bonchev–Trinajstić information content (AvgIpc) is 3.12. The highest BCUT2D eigenvalue weighted by atomic mass is 16.2. The van der Waals surface area contributed by atoms with Crippen LogP contribution in [0.25, 0.3) is 0 Å². The third-order valence-electron chi connectivity index (χ3n) is 7.32. The lowest BCUT2D eigenvalue weighted by atomic mass is 9.65. The first-order valence-electron chi connectivity index (χ1n) is 9.98. The molecule has 3 fully saturated rings. The summed E-state index contributed by atoms with van der Waals surface area (Å²) in [5.74, 6) is 0.881. The first-order chi connectivity index (χ1) is 12.5. The Balaban J connectivity index is 1.48. The molecule has 1 amide bonds. The molecular formula is C21H32N4O. The summed E-state index contributed by atoms with van der Waals surface area (Å²) in [7, 11) is 6.03. The van der Waals surface area contributed by atoms with Crippen LogP contribution in [0.5, 0.6) is 0 Å². The molecule has 1 saturated carbocycles. The molecule has 0 aromatic carbocycles. The largest absolute Gasteiger partial charge is 0.348 e. The SMILES string of the molecule is CN1C[C@H]2C3(CCN(Cc4ccccn4)CC3)CC[C@@]2(C(=O)N(C)C)C1. The minimum absolute atomic E-state index is 0.137. The summed E-state index contributed by atoms with van der Waals surface area (Å²) in [5, 5.41) is 0. The Kier molecular flexibility index (Phi) is 4.56. The number of hydrogen-bond donors (Lipinski definition) is 0. The van der Waals surface area contributed by atoms with Gasteiger partial charge in [-0.25, -0.2) is 0 Å². The number of piperidine rings is 1. The summed E-state index contributed by atoms with van der Waals surface area (Å²) in [4.78, 5) is 24.4. The van der Waals surface area contributed by atoms with Crippen molar-refractivity contribution >= 4 is 5.91 Å². The minimum atomic E-state index is -0.137. The minimum Gasteiger partial charge on any atom is -0.348 e. The molecule has 2 atom stereocenters. The second kappa shape index (κ2) is 6.61. The summed E-state index contributed by atoms with van der Waals surface area (Å²) in [6, 6.07) is 6.16. The molecule has 5 heteroatoms. The van der Waals surface area contributed by atoms with Crippen LogP contribution >= 0.6 is 0 Å². The molecule has 2 aliphatic heterocycles. The molecule has 2 saturated heterocycles. The van der Waals surface area contributed by atoms with Crippen molar-refractivity contribution in [3.05, 3.63) is 30.1 Å². The highest BCUT2D eigenvalue weighted by Gasteiger charge is 2.63. The van der Waals surface area contributed by atoms with Gasteiger partial charge < -0.3 is 9.80 Å². The van der Waals surface area contributed by atoms with Crippen molar-refractivity contribution in [2.45, 2.75) is 32.2 Å². The van der Waals surface area contributed by atoms with E-state index in [1.807, 2.05) is 31.3 Å². The van der Waals surface area contributed by atoms with E-state index in [2.05, 4.69) is 34.0 Å². The van der Waals surface area contributed by atoms with Gasteiger partial charge in [-0.2, -0.15) is 0 Å². The fourth-order valence-corrected chi connectivity index (χ4v) is 6.07. The Bertz CT molecular complexity index is 653. The maximum atomic E-state index is 13.1. The van der Waals surface area contributed by atoms with Gasteiger partial charge in [0, 0.05) is 39.9 Å². The Morgan fingerprint density at radius 2 is 2.00 bits per heavy atom. The molecule has 0 unspecified atom stereocenters. The van der Waals surface area contributed by atoms with Gasteiger partial charge in [0.25, 0.3) is 0 Å². The average molecular weight is 357 g/mol. The van der Waals surface area contributed by atoms with Gasteiger partial charge in [-0.3, -0.25) is 14.7 Å². The van der Waals surface area contributed by atoms with Gasteiger partial charge in [-0.1, -0.05) is 6.07 Å². The van der Waals surface area contributed by atoms with Gasteiger partial charge in [0.2, 0.25) is 5.91 Å². The lowest BCUT2D eigenvalue weighted by Crippen LogP contribution is -2.48. The molecule has 1 aliphatic carbocycles. The van der Waals surface area contributed by atoms with Crippen molar-refractivity contribution in [2.75, 3.05) is 47.3 Å².